The third-order valence-corrected chi connectivity index (χ3v) is 4.49. The summed E-state index contributed by atoms with van der Waals surface area (Å²) in [5.41, 5.74) is 0.649. The lowest BCUT2D eigenvalue weighted by Gasteiger charge is -2.29. The van der Waals surface area contributed by atoms with Gasteiger partial charge in [-0.2, -0.15) is 0 Å². The molecular weight excluding hydrogens is 325 g/mol. The first-order valence-electron chi connectivity index (χ1n) is 7.97. The minimum atomic E-state index is -1.09. The number of methoxy groups -OCH3 is 1. The molecule has 5 nitrogen and oxygen atoms in total. The van der Waals surface area contributed by atoms with E-state index in [1.165, 1.54) is 18.1 Å². The monoisotopic (exact) mass is 343 g/mol. The molecule has 0 radical (unpaired) electrons. The van der Waals surface area contributed by atoms with Gasteiger partial charge in [-0.25, -0.2) is 9.18 Å². The fourth-order valence-corrected chi connectivity index (χ4v) is 3.29. The van der Waals surface area contributed by atoms with E-state index in [2.05, 4.69) is 0 Å². The summed E-state index contributed by atoms with van der Waals surface area (Å²) in [5.74, 6) is -1.48. The number of nitrogens with zero attached hydrogens (tertiary/aromatic N) is 1. The van der Waals surface area contributed by atoms with Gasteiger partial charge in [0.15, 0.2) is 0 Å². The second kappa shape index (κ2) is 6.93. The SMILES string of the molecule is COc1cccc(C(=O)N2[C@@H](c3ccccc3F)CC[C@H]2C(=O)O)c1. The number of carbonyl (C=O) groups excluding carboxylic acids is 1. The molecule has 0 aromatic heterocycles. The van der Waals surface area contributed by atoms with Gasteiger partial charge in [-0.3, -0.25) is 4.79 Å². The first-order valence-corrected chi connectivity index (χ1v) is 7.97. The number of halogens is 1. The van der Waals surface area contributed by atoms with Crippen LogP contribution in [0.25, 0.3) is 0 Å². The minimum Gasteiger partial charge on any atom is -0.497 e. The van der Waals surface area contributed by atoms with E-state index in [1.54, 1.807) is 42.5 Å². The Morgan fingerprint density at radius 2 is 1.92 bits per heavy atom. The normalized spacial score (nSPS) is 19.7. The Labute approximate surface area is 144 Å². The smallest absolute Gasteiger partial charge is 0.326 e. The molecule has 130 valence electrons. The second-order valence-electron chi connectivity index (χ2n) is 5.91. The molecule has 25 heavy (non-hydrogen) atoms. The zero-order valence-corrected chi connectivity index (χ0v) is 13.7. The largest absolute Gasteiger partial charge is 0.497 e. The fraction of sp³-hybridized carbons (Fsp3) is 0.263. The van der Waals surface area contributed by atoms with Crippen molar-refractivity contribution in [2.24, 2.45) is 0 Å². The van der Waals surface area contributed by atoms with Gasteiger partial charge in [0.1, 0.15) is 17.6 Å². The fourth-order valence-electron chi connectivity index (χ4n) is 3.29. The van der Waals surface area contributed by atoms with E-state index in [0.29, 0.717) is 23.3 Å². The lowest BCUT2D eigenvalue weighted by atomic mass is 10.0. The lowest BCUT2D eigenvalue weighted by Crippen LogP contribution is -2.42. The molecular formula is C19H18FNO4. The van der Waals surface area contributed by atoms with Crippen molar-refractivity contribution in [1.82, 2.24) is 4.90 Å². The Kier molecular flexibility index (Phi) is 4.70. The number of ether oxygens (including phenoxy) is 1. The van der Waals surface area contributed by atoms with Gasteiger partial charge in [-0.05, 0) is 37.1 Å². The highest BCUT2D eigenvalue weighted by Gasteiger charge is 2.42. The number of carboxylic acid groups (broad SMARTS) is 1. The molecule has 0 saturated carbocycles. The first-order chi connectivity index (χ1) is 12.0. The van der Waals surface area contributed by atoms with Crippen LogP contribution >= 0.6 is 0 Å². The van der Waals surface area contributed by atoms with Crippen molar-refractivity contribution >= 4 is 11.9 Å². The number of rotatable bonds is 4. The summed E-state index contributed by atoms with van der Waals surface area (Å²) in [7, 11) is 1.49. The van der Waals surface area contributed by atoms with E-state index in [1.807, 2.05) is 0 Å². The molecule has 1 amide bonds. The highest BCUT2D eigenvalue weighted by atomic mass is 19.1. The van der Waals surface area contributed by atoms with Crippen LogP contribution in [0.1, 0.15) is 34.8 Å². The van der Waals surface area contributed by atoms with E-state index in [9.17, 15) is 19.1 Å². The van der Waals surface area contributed by atoms with Gasteiger partial charge in [0.05, 0.1) is 13.2 Å². The molecule has 2 aromatic carbocycles. The number of hydrogen-bond acceptors (Lipinski definition) is 3. The molecule has 0 aliphatic carbocycles. The minimum absolute atomic E-state index is 0.282. The van der Waals surface area contributed by atoms with Crippen LogP contribution in [-0.2, 0) is 4.79 Å². The summed E-state index contributed by atoms with van der Waals surface area (Å²) in [4.78, 5) is 25.9. The Balaban J connectivity index is 2.01. The van der Waals surface area contributed by atoms with Crippen LogP contribution in [0.3, 0.4) is 0 Å². The van der Waals surface area contributed by atoms with Crippen LogP contribution in [-0.4, -0.2) is 35.0 Å². The summed E-state index contributed by atoms with van der Waals surface area (Å²) in [5, 5.41) is 9.50. The quantitative estimate of drug-likeness (QED) is 0.925. The van der Waals surface area contributed by atoms with Crippen molar-refractivity contribution < 1.29 is 23.8 Å². The Bertz CT molecular complexity index is 808. The van der Waals surface area contributed by atoms with Crippen LogP contribution < -0.4 is 4.74 Å². The van der Waals surface area contributed by atoms with Gasteiger partial charge >= 0.3 is 5.97 Å². The van der Waals surface area contributed by atoms with Crippen LogP contribution in [0, 0.1) is 5.82 Å². The van der Waals surface area contributed by atoms with Crippen molar-refractivity contribution in [2.45, 2.75) is 24.9 Å². The zero-order chi connectivity index (χ0) is 18.0. The number of carbonyl (C=O) groups is 2. The molecule has 1 N–H and O–H groups in total. The van der Waals surface area contributed by atoms with Gasteiger partial charge < -0.3 is 14.7 Å². The van der Waals surface area contributed by atoms with Crippen molar-refractivity contribution in [3.63, 3.8) is 0 Å². The predicted molar refractivity (Wildman–Crippen MR) is 89.0 cm³/mol. The number of amides is 1. The molecule has 3 rings (SSSR count). The van der Waals surface area contributed by atoms with Gasteiger partial charge in [0.2, 0.25) is 0 Å². The van der Waals surface area contributed by atoms with E-state index in [4.69, 9.17) is 4.74 Å². The van der Waals surface area contributed by atoms with Crippen LogP contribution in [0.15, 0.2) is 48.5 Å². The third kappa shape index (κ3) is 3.20. The number of aliphatic carboxylic acids is 1. The lowest BCUT2D eigenvalue weighted by molar-refractivity contribution is -0.141. The van der Waals surface area contributed by atoms with E-state index in [0.717, 1.165) is 0 Å². The van der Waals surface area contributed by atoms with Crippen molar-refractivity contribution in [1.29, 1.82) is 0 Å². The number of carboxylic acids is 1. The van der Waals surface area contributed by atoms with Crippen molar-refractivity contribution in [3.05, 3.63) is 65.5 Å². The third-order valence-electron chi connectivity index (χ3n) is 4.49. The summed E-state index contributed by atoms with van der Waals surface area (Å²) in [6.07, 6.45) is 0.678. The maximum atomic E-state index is 14.2. The van der Waals surface area contributed by atoms with Crippen LogP contribution in [0.2, 0.25) is 0 Å². The van der Waals surface area contributed by atoms with Crippen LogP contribution in [0.4, 0.5) is 4.39 Å². The van der Waals surface area contributed by atoms with E-state index < -0.39 is 29.8 Å². The maximum Gasteiger partial charge on any atom is 0.326 e. The standard InChI is InChI=1S/C19H18FNO4/c1-25-13-6-4-5-12(11-13)18(22)21-16(9-10-17(21)19(23)24)14-7-2-3-8-15(14)20/h2-8,11,16-17H,9-10H2,1H3,(H,23,24)/t16-,17+/m1/s1. The van der Waals surface area contributed by atoms with Gasteiger partial charge in [-0.1, -0.05) is 24.3 Å². The molecule has 0 bridgehead atoms. The molecule has 1 aliphatic rings. The molecule has 1 fully saturated rings. The molecule has 1 heterocycles. The highest BCUT2D eigenvalue weighted by molar-refractivity contribution is 5.97. The van der Waals surface area contributed by atoms with E-state index in [-0.39, 0.29) is 6.42 Å². The first kappa shape index (κ1) is 17.0. The number of likely N-dealkylation sites (tertiary alicyclic amines) is 1. The number of hydrogen-bond donors (Lipinski definition) is 1. The molecule has 6 heteroatoms. The molecule has 1 aliphatic heterocycles. The average Bonchev–Trinajstić information content (AvgIpc) is 3.06. The maximum absolute atomic E-state index is 14.2. The summed E-state index contributed by atoms with van der Waals surface area (Å²) in [6.45, 7) is 0. The second-order valence-corrected chi connectivity index (χ2v) is 5.91. The van der Waals surface area contributed by atoms with Crippen molar-refractivity contribution in [2.75, 3.05) is 7.11 Å². The number of benzene rings is 2. The Hall–Kier alpha value is -2.89. The molecule has 1 saturated heterocycles. The Morgan fingerprint density at radius 1 is 1.16 bits per heavy atom. The molecule has 0 unspecified atom stereocenters. The van der Waals surface area contributed by atoms with Gasteiger partial charge in [-0.15, -0.1) is 0 Å². The topological polar surface area (TPSA) is 66.8 Å². The summed E-state index contributed by atoms with van der Waals surface area (Å²) < 4.78 is 19.3. The zero-order valence-electron chi connectivity index (χ0n) is 13.7. The Morgan fingerprint density at radius 3 is 2.60 bits per heavy atom. The highest BCUT2D eigenvalue weighted by Crippen LogP contribution is 2.38. The van der Waals surface area contributed by atoms with E-state index >= 15 is 0 Å². The van der Waals surface area contributed by atoms with Gasteiger partial charge in [0, 0.05) is 11.1 Å². The molecule has 2 aromatic rings. The summed E-state index contributed by atoms with van der Waals surface area (Å²) >= 11 is 0. The van der Waals surface area contributed by atoms with Gasteiger partial charge in [0.25, 0.3) is 5.91 Å². The van der Waals surface area contributed by atoms with Crippen molar-refractivity contribution in [3.8, 4) is 5.75 Å². The molecule has 0 spiro atoms. The summed E-state index contributed by atoms with van der Waals surface area (Å²) in [6, 6.07) is 11.1. The van der Waals surface area contributed by atoms with Crippen LogP contribution in [0.5, 0.6) is 5.75 Å². The average molecular weight is 343 g/mol. The molecule has 2 atom stereocenters. The predicted octanol–water partition coefficient (Wildman–Crippen LogP) is 3.26.